The zero-order chi connectivity index (χ0) is 24.8. The maximum absolute atomic E-state index is 12.9. The van der Waals surface area contributed by atoms with Crippen LogP contribution >= 0.6 is 0 Å². The van der Waals surface area contributed by atoms with Gasteiger partial charge in [-0.3, -0.25) is 4.79 Å². The number of benzene rings is 1. The summed E-state index contributed by atoms with van der Waals surface area (Å²) >= 11 is 0. The van der Waals surface area contributed by atoms with Gasteiger partial charge in [0.1, 0.15) is 5.82 Å². The van der Waals surface area contributed by atoms with Crippen LogP contribution in [0.3, 0.4) is 0 Å². The van der Waals surface area contributed by atoms with Crippen molar-refractivity contribution in [2.75, 3.05) is 25.4 Å². The molecule has 1 amide bonds. The van der Waals surface area contributed by atoms with Crippen LogP contribution in [-0.2, 0) is 5.41 Å². The number of nitrogens with zero attached hydrogens (tertiary/aromatic N) is 2. The lowest BCUT2D eigenvalue weighted by Gasteiger charge is -2.26. The molecule has 5 rings (SSSR count). The van der Waals surface area contributed by atoms with Gasteiger partial charge in [-0.15, -0.1) is 0 Å². The summed E-state index contributed by atoms with van der Waals surface area (Å²) in [5.41, 5.74) is 9.12. The van der Waals surface area contributed by atoms with Crippen LogP contribution in [-0.4, -0.2) is 58.9 Å². The fraction of sp³-hybridized carbons (Fsp3) is 0.538. The minimum absolute atomic E-state index is 0.0149. The second-order valence-electron chi connectivity index (χ2n) is 10.4. The highest BCUT2D eigenvalue weighted by Gasteiger charge is 2.60. The normalized spacial score (nSPS) is 28.5. The van der Waals surface area contributed by atoms with Crippen molar-refractivity contribution in [3.05, 3.63) is 47.7 Å². The first-order valence-electron chi connectivity index (χ1n) is 12.3. The molecule has 2 saturated carbocycles. The van der Waals surface area contributed by atoms with Crippen LogP contribution < -0.4 is 11.1 Å². The van der Waals surface area contributed by atoms with Gasteiger partial charge in [0.15, 0.2) is 0 Å². The first kappa shape index (κ1) is 24.1. The van der Waals surface area contributed by atoms with Gasteiger partial charge < -0.3 is 21.1 Å². The minimum Gasteiger partial charge on any atom is -0.393 e. The number of likely N-dealkylation sites (tertiary alicyclic amines) is 1. The SMILES string of the molecule is Nc1ncc(-c2ccc([C@@]34C[C@@H]3CN(CCC(F)(F)F)C4)cc2)cc1C(=O)NC1CCC(O)CC1. The lowest BCUT2D eigenvalue weighted by Crippen LogP contribution is -2.38. The average molecular weight is 489 g/mol. The maximum Gasteiger partial charge on any atom is 0.390 e. The molecule has 188 valence electrons. The van der Waals surface area contributed by atoms with Crippen LogP contribution in [0.15, 0.2) is 36.5 Å². The number of nitrogen functional groups attached to an aromatic ring is 1. The Morgan fingerprint density at radius 2 is 1.89 bits per heavy atom. The molecule has 9 heteroatoms. The zero-order valence-electron chi connectivity index (χ0n) is 19.5. The van der Waals surface area contributed by atoms with Gasteiger partial charge in [0.25, 0.3) is 5.91 Å². The Kier molecular flexibility index (Phi) is 6.25. The molecule has 6 nitrogen and oxygen atoms in total. The predicted molar refractivity (Wildman–Crippen MR) is 127 cm³/mol. The highest BCUT2D eigenvalue weighted by Crippen LogP contribution is 2.59. The molecule has 0 unspecified atom stereocenters. The molecule has 1 saturated heterocycles. The number of fused-ring (bicyclic) bond motifs is 1. The zero-order valence-corrected chi connectivity index (χ0v) is 19.5. The largest absolute Gasteiger partial charge is 0.393 e. The number of alkyl halides is 3. The fourth-order valence-electron chi connectivity index (χ4n) is 5.78. The summed E-state index contributed by atoms with van der Waals surface area (Å²) < 4.78 is 37.8. The molecule has 2 atom stereocenters. The highest BCUT2D eigenvalue weighted by atomic mass is 19.4. The molecule has 4 N–H and O–H groups in total. The van der Waals surface area contributed by atoms with E-state index in [2.05, 4.69) is 10.3 Å². The lowest BCUT2D eigenvalue weighted by molar-refractivity contribution is -0.137. The summed E-state index contributed by atoms with van der Waals surface area (Å²) in [4.78, 5) is 19.0. The molecule has 1 aromatic heterocycles. The summed E-state index contributed by atoms with van der Waals surface area (Å²) in [5, 5.41) is 12.7. The van der Waals surface area contributed by atoms with E-state index in [1.54, 1.807) is 12.3 Å². The molecule has 2 heterocycles. The Morgan fingerprint density at radius 3 is 2.57 bits per heavy atom. The van der Waals surface area contributed by atoms with E-state index in [0.717, 1.165) is 42.5 Å². The van der Waals surface area contributed by atoms with Gasteiger partial charge in [-0.1, -0.05) is 24.3 Å². The van der Waals surface area contributed by atoms with Gasteiger partial charge >= 0.3 is 6.18 Å². The Morgan fingerprint density at radius 1 is 1.17 bits per heavy atom. The standard InChI is InChI=1S/C26H31F3N4O2/c27-26(28,29)9-10-33-14-19-12-25(19,15-33)18-3-1-16(2-4-18)17-11-22(23(30)31-13-17)24(35)32-20-5-7-21(34)8-6-20/h1-4,11,13,19-21,34H,5-10,12,14-15H2,(H2,30,31)(H,32,35)/t19-,20?,21?,25+/m1/s1. The number of hydrogen-bond acceptors (Lipinski definition) is 5. The van der Waals surface area contributed by atoms with Crippen LogP contribution in [0.2, 0.25) is 0 Å². The Hall–Kier alpha value is -2.65. The number of halogens is 3. The van der Waals surface area contributed by atoms with E-state index in [1.807, 2.05) is 29.2 Å². The summed E-state index contributed by atoms with van der Waals surface area (Å²) in [6.45, 7) is 1.44. The number of aliphatic hydroxyl groups excluding tert-OH is 1. The van der Waals surface area contributed by atoms with Crippen molar-refractivity contribution < 1.29 is 23.1 Å². The van der Waals surface area contributed by atoms with Crippen molar-refractivity contribution in [2.24, 2.45) is 5.92 Å². The molecule has 0 spiro atoms. The smallest absolute Gasteiger partial charge is 0.390 e. The van der Waals surface area contributed by atoms with Crippen molar-refractivity contribution in [1.82, 2.24) is 15.2 Å². The number of aliphatic hydroxyl groups is 1. The second-order valence-corrected chi connectivity index (χ2v) is 10.4. The Labute approximate surface area is 202 Å². The third kappa shape index (κ3) is 5.16. The molecule has 1 aliphatic heterocycles. The average Bonchev–Trinajstić information content (AvgIpc) is 3.40. The number of carbonyl (C=O) groups excluding carboxylic acids is 1. The van der Waals surface area contributed by atoms with Crippen molar-refractivity contribution in [3.8, 4) is 11.1 Å². The molecule has 0 radical (unpaired) electrons. The molecule has 0 bridgehead atoms. The number of hydrogen-bond donors (Lipinski definition) is 3. The fourth-order valence-corrected chi connectivity index (χ4v) is 5.78. The van der Waals surface area contributed by atoms with Gasteiger partial charge in [-0.25, -0.2) is 4.98 Å². The van der Waals surface area contributed by atoms with Crippen molar-refractivity contribution >= 4 is 11.7 Å². The molecule has 3 fully saturated rings. The quantitative estimate of drug-likeness (QED) is 0.574. The second kappa shape index (κ2) is 9.09. The van der Waals surface area contributed by atoms with E-state index in [9.17, 15) is 23.1 Å². The summed E-state index contributed by atoms with van der Waals surface area (Å²) in [7, 11) is 0. The number of pyridine rings is 1. The Bertz CT molecular complexity index is 1080. The number of carbonyl (C=O) groups is 1. The van der Waals surface area contributed by atoms with Gasteiger partial charge in [-0.2, -0.15) is 13.2 Å². The van der Waals surface area contributed by atoms with Crippen molar-refractivity contribution in [1.29, 1.82) is 0 Å². The summed E-state index contributed by atoms with van der Waals surface area (Å²) in [6, 6.07) is 9.82. The van der Waals surface area contributed by atoms with E-state index in [4.69, 9.17) is 5.73 Å². The molecular weight excluding hydrogens is 457 g/mol. The predicted octanol–water partition coefficient (Wildman–Crippen LogP) is 3.89. The van der Waals surface area contributed by atoms with Crippen LogP contribution in [0.25, 0.3) is 11.1 Å². The molecule has 2 aliphatic carbocycles. The van der Waals surface area contributed by atoms with Crippen LogP contribution in [0.4, 0.5) is 19.0 Å². The van der Waals surface area contributed by atoms with E-state index in [-0.39, 0.29) is 35.8 Å². The highest BCUT2D eigenvalue weighted by molar-refractivity contribution is 5.99. The molecule has 35 heavy (non-hydrogen) atoms. The van der Waals surface area contributed by atoms with E-state index >= 15 is 0 Å². The van der Waals surface area contributed by atoms with Gasteiger partial charge in [0.2, 0.25) is 0 Å². The summed E-state index contributed by atoms with van der Waals surface area (Å²) in [5.74, 6) is 0.318. The number of nitrogens with one attached hydrogen (secondary N) is 1. The van der Waals surface area contributed by atoms with E-state index in [1.165, 1.54) is 0 Å². The third-order valence-corrected chi connectivity index (χ3v) is 7.92. The topological polar surface area (TPSA) is 91.5 Å². The molecular formula is C26H31F3N4O2. The van der Waals surface area contributed by atoms with Crippen molar-refractivity contribution in [3.63, 3.8) is 0 Å². The van der Waals surface area contributed by atoms with E-state index in [0.29, 0.717) is 30.9 Å². The molecule has 1 aromatic carbocycles. The lowest BCUT2D eigenvalue weighted by atomic mass is 9.92. The van der Waals surface area contributed by atoms with Crippen molar-refractivity contribution in [2.45, 2.75) is 62.3 Å². The maximum atomic E-state index is 12.9. The molecule has 2 aromatic rings. The van der Waals surface area contributed by atoms with Gasteiger partial charge in [0.05, 0.1) is 18.1 Å². The number of amides is 1. The first-order chi connectivity index (χ1) is 16.6. The first-order valence-corrected chi connectivity index (χ1v) is 12.3. The van der Waals surface area contributed by atoms with Gasteiger partial charge in [-0.05, 0) is 55.2 Å². The van der Waals surface area contributed by atoms with Crippen LogP contribution in [0, 0.1) is 5.92 Å². The number of aromatic nitrogens is 1. The number of piperidine rings is 1. The number of nitrogens with two attached hydrogens (primary N) is 1. The third-order valence-electron chi connectivity index (χ3n) is 7.92. The van der Waals surface area contributed by atoms with Crippen LogP contribution in [0.1, 0.15) is 54.4 Å². The van der Waals surface area contributed by atoms with Gasteiger partial charge in [0, 0.05) is 42.9 Å². The summed E-state index contributed by atoms with van der Waals surface area (Å²) in [6.07, 6.45) is 0.294. The van der Waals surface area contributed by atoms with Crippen LogP contribution in [0.5, 0.6) is 0 Å². The van der Waals surface area contributed by atoms with E-state index < -0.39 is 12.6 Å². The Balaban J connectivity index is 1.26. The number of rotatable bonds is 6. The monoisotopic (exact) mass is 488 g/mol. The minimum atomic E-state index is -4.12. The molecule has 3 aliphatic rings. The number of anilines is 1.